The average molecular weight is 457 g/mol. The Morgan fingerprint density at radius 3 is 2.18 bits per heavy atom. The molecule has 6 nitrogen and oxygen atoms in total. The zero-order chi connectivity index (χ0) is 23.8. The third-order valence-electron chi connectivity index (χ3n) is 6.58. The third kappa shape index (κ3) is 3.73. The number of carbonyl (C=O) groups excluding carboxylic acids is 2. The van der Waals surface area contributed by atoms with E-state index in [4.69, 9.17) is 0 Å². The van der Waals surface area contributed by atoms with Crippen molar-refractivity contribution in [2.24, 2.45) is 0 Å². The molecule has 7 heteroatoms. The van der Waals surface area contributed by atoms with Gasteiger partial charge in [0.25, 0.3) is 11.8 Å². The minimum Gasteiger partial charge on any atom is -0.363 e. The maximum atomic E-state index is 13.8. The van der Waals surface area contributed by atoms with E-state index in [2.05, 4.69) is 9.88 Å². The van der Waals surface area contributed by atoms with Crippen LogP contribution >= 0.6 is 0 Å². The van der Waals surface area contributed by atoms with Crippen LogP contribution in [-0.4, -0.2) is 47.9 Å². The predicted molar refractivity (Wildman–Crippen MR) is 130 cm³/mol. The second-order valence-electron chi connectivity index (χ2n) is 8.56. The summed E-state index contributed by atoms with van der Waals surface area (Å²) < 4.78 is 13.6. The summed E-state index contributed by atoms with van der Waals surface area (Å²) in [6.45, 7) is 6.33. The van der Waals surface area contributed by atoms with Gasteiger partial charge in [-0.3, -0.25) is 9.59 Å². The summed E-state index contributed by atoms with van der Waals surface area (Å²) >= 11 is 0. The van der Waals surface area contributed by atoms with Gasteiger partial charge in [-0.1, -0.05) is 30.3 Å². The summed E-state index contributed by atoms with van der Waals surface area (Å²) in [4.78, 5) is 37.3. The largest absolute Gasteiger partial charge is 0.363 e. The van der Waals surface area contributed by atoms with E-state index in [1.54, 1.807) is 24.4 Å². The van der Waals surface area contributed by atoms with Gasteiger partial charge in [0.05, 0.1) is 11.3 Å². The lowest BCUT2D eigenvalue weighted by Gasteiger charge is -2.37. The predicted octanol–water partition coefficient (Wildman–Crippen LogP) is 3.94. The maximum absolute atomic E-state index is 13.8. The fraction of sp³-hybridized carbons (Fsp3) is 0.222. The lowest BCUT2D eigenvalue weighted by atomic mass is 10.0. The fourth-order valence-corrected chi connectivity index (χ4v) is 4.58. The summed E-state index contributed by atoms with van der Waals surface area (Å²) in [5, 5.41) is 0. The van der Waals surface area contributed by atoms with Gasteiger partial charge in [0, 0.05) is 32.4 Å². The molecule has 1 fully saturated rings. The zero-order valence-electron chi connectivity index (χ0n) is 19.2. The third-order valence-corrected chi connectivity index (χ3v) is 6.58. The molecule has 1 saturated heterocycles. The SMILES string of the molecule is Cc1cccc(N2C(=O)C(c3ccc(F)cc3)=C(N3CCN(c4ccccn4)CC3)C2=O)c1C. The van der Waals surface area contributed by atoms with Gasteiger partial charge in [-0.05, 0) is 60.9 Å². The van der Waals surface area contributed by atoms with Crippen molar-refractivity contribution in [3.8, 4) is 0 Å². The van der Waals surface area contributed by atoms with Gasteiger partial charge in [0.1, 0.15) is 17.3 Å². The number of aromatic nitrogens is 1. The molecular weight excluding hydrogens is 431 g/mol. The van der Waals surface area contributed by atoms with E-state index in [-0.39, 0.29) is 11.8 Å². The van der Waals surface area contributed by atoms with Gasteiger partial charge in [-0.2, -0.15) is 0 Å². The molecule has 2 amide bonds. The van der Waals surface area contributed by atoms with Crippen LogP contribution in [0.5, 0.6) is 0 Å². The van der Waals surface area contributed by atoms with Gasteiger partial charge in [-0.15, -0.1) is 0 Å². The molecule has 3 heterocycles. The molecule has 2 aliphatic heterocycles. The van der Waals surface area contributed by atoms with Crippen molar-refractivity contribution in [3.05, 3.63) is 95.1 Å². The van der Waals surface area contributed by atoms with E-state index in [1.165, 1.54) is 17.0 Å². The highest BCUT2D eigenvalue weighted by Gasteiger charge is 2.43. The topological polar surface area (TPSA) is 56.8 Å². The highest BCUT2D eigenvalue weighted by atomic mass is 19.1. The molecular formula is C27H25FN4O2. The summed E-state index contributed by atoms with van der Waals surface area (Å²) in [6, 6.07) is 17.1. The van der Waals surface area contributed by atoms with E-state index < -0.39 is 5.82 Å². The summed E-state index contributed by atoms with van der Waals surface area (Å²) in [6.07, 6.45) is 1.76. The first-order valence-electron chi connectivity index (χ1n) is 11.3. The van der Waals surface area contributed by atoms with Crippen molar-refractivity contribution in [3.63, 3.8) is 0 Å². The first kappa shape index (κ1) is 21.8. The molecule has 0 bridgehead atoms. The number of piperazine rings is 1. The highest BCUT2D eigenvalue weighted by molar-refractivity contribution is 6.45. The van der Waals surface area contributed by atoms with Gasteiger partial charge in [0.2, 0.25) is 0 Å². The number of nitrogens with zero attached hydrogens (tertiary/aromatic N) is 4. The van der Waals surface area contributed by atoms with Crippen molar-refractivity contribution in [1.82, 2.24) is 9.88 Å². The molecule has 0 spiro atoms. The normalized spacial score (nSPS) is 16.6. The van der Waals surface area contributed by atoms with Crippen molar-refractivity contribution in [2.75, 3.05) is 36.0 Å². The van der Waals surface area contributed by atoms with Crippen molar-refractivity contribution < 1.29 is 14.0 Å². The smallest absolute Gasteiger partial charge is 0.282 e. The van der Waals surface area contributed by atoms with Gasteiger partial charge in [-0.25, -0.2) is 14.3 Å². The van der Waals surface area contributed by atoms with E-state index in [0.717, 1.165) is 16.9 Å². The lowest BCUT2D eigenvalue weighted by Crippen LogP contribution is -2.48. The second-order valence-corrected chi connectivity index (χ2v) is 8.56. The minimum absolute atomic E-state index is 0.317. The molecule has 0 radical (unpaired) electrons. The Bertz CT molecular complexity index is 1280. The zero-order valence-corrected chi connectivity index (χ0v) is 19.2. The number of carbonyl (C=O) groups is 2. The molecule has 0 N–H and O–H groups in total. The van der Waals surface area contributed by atoms with E-state index in [9.17, 15) is 14.0 Å². The van der Waals surface area contributed by atoms with Crippen LogP contribution in [-0.2, 0) is 9.59 Å². The van der Waals surface area contributed by atoms with Crippen LogP contribution in [0.15, 0.2) is 72.6 Å². The molecule has 0 unspecified atom stereocenters. The van der Waals surface area contributed by atoms with Crippen LogP contribution in [0.4, 0.5) is 15.9 Å². The first-order valence-corrected chi connectivity index (χ1v) is 11.3. The van der Waals surface area contributed by atoms with Crippen LogP contribution < -0.4 is 9.80 Å². The Labute approximate surface area is 197 Å². The van der Waals surface area contributed by atoms with Crippen LogP contribution in [0.3, 0.4) is 0 Å². The molecule has 2 aromatic carbocycles. The standard InChI is InChI=1S/C27H25FN4O2/c1-18-6-5-7-22(19(18)2)32-26(33)24(20-9-11-21(28)12-10-20)25(27(32)34)31-16-14-30(15-17-31)23-8-3-4-13-29-23/h3-13H,14-17H2,1-2H3. The number of hydrogen-bond acceptors (Lipinski definition) is 5. The van der Waals surface area contributed by atoms with Gasteiger partial charge < -0.3 is 9.80 Å². The second kappa shape index (κ2) is 8.74. The molecule has 34 heavy (non-hydrogen) atoms. The quantitative estimate of drug-likeness (QED) is 0.557. The van der Waals surface area contributed by atoms with Crippen LogP contribution in [0, 0.1) is 19.7 Å². The molecule has 0 saturated carbocycles. The van der Waals surface area contributed by atoms with Crippen molar-refractivity contribution in [1.29, 1.82) is 0 Å². The summed E-state index contributed by atoms with van der Waals surface area (Å²) in [7, 11) is 0. The van der Waals surface area contributed by atoms with Crippen LogP contribution in [0.2, 0.25) is 0 Å². The number of amides is 2. The Kier molecular flexibility index (Phi) is 5.61. The number of pyridine rings is 1. The van der Waals surface area contributed by atoms with Crippen molar-refractivity contribution in [2.45, 2.75) is 13.8 Å². The van der Waals surface area contributed by atoms with Gasteiger partial charge >= 0.3 is 0 Å². The number of hydrogen-bond donors (Lipinski definition) is 0. The monoisotopic (exact) mass is 456 g/mol. The average Bonchev–Trinajstić information content (AvgIpc) is 3.12. The molecule has 0 aliphatic carbocycles. The molecule has 5 rings (SSSR count). The Morgan fingerprint density at radius 2 is 1.50 bits per heavy atom. The van der Waals surface area contributed by atoms with E-state index in [0.29, 0.717) is 48.7 Å². The lowest BCUT2D eigenvalue weighted by molar-refractivity contribution is -0.120. The number of benzene rings is 2. The Hall–Kier alpha value is -4.00. The molecule has 172 valence electrons. The van der Waals surface area contributed by atoms with Crippen LogP contribution in [0.1, 0.15) is 16.7 Å². The van der Waals surface area contributed by atoms with E-state index in [1.807, 2.05) is 49.1 Å². The Balaban J connectivity index is 1.53. The Morgan fingerprint density at radius 1 is 0.794 bits per heavy atom. The number of aryl methyl sites for hydroxylation is 1. The number of rotatable bonds is 4. The highest BCUT2D eigenvalue weighted by Crippen LogP contribution is 2.37. The number of imide groups is 1. The van der Waals surface area contributed by atoms with Crippen LogP contribution in [0.25, 0.3) is 5.57 Å². The fourth-order valence-electron chi connectivity index (χ4n) is 4.58. The number of halogens is 1. The van der Waals surface area contributed by atoms with Crippen molar-refractivity contribution >= 4 is 28.9 Å². The van der Waals surface area contributed by atoms with Gasteiger partial charge in [0.15, 0.2) is 0 Å². The molecule has 0 atom stereocenters. The summed E-state index contributed by atoms with van der Waals surface area (Å²) in [5.74, 6) is -0.226. The molecule has 2 aliphatic rings. The maximum Gasteiger partial charge on any atom is 0.282 e. The first-order chi connectivity index (χ1) is 16.5. The molecule has 1 aromatic heterocycles. The number of anilines is 2. The van der Waals surface area contributed by atoms with E-state index >= 15 is 0 Å². The minimum atomic E-state index is -0.391. The summed E-state index contributed by atoms with van der Waals surface area (Å²) in [5.41, 5.74) is 3.68. The molecule has 3 aromatic rings.